The van der Waals surface area contributed by atoms with E-state index >= 15 is 0 Å². The molecule has 0 saturated heterocycles. The van der Waals surface area contributed by atoms with Gasteiger partial charge in [0, 0.05) is 27.0 Å². The fourth-order valence-electron chi connectivity index (χ4n) is 2.05. The Kier molecular flexibility index (Phi) is 8.51. The summed E-state index contributed by atoms with van der Waals surface area (Å²) < 4.78 is 12.6. The van der Waals surface area contributed by atoms with Gasteiger partial charge in [-0.25, -0.2) is 15.0 Å². The Morgan fingerprint density at radius 3 is 2.47 bits per heavy atom. The van der Waals surface area contributed by atoms with Crippen LogP contribution in [0.4, 0.5) is 11.6 Å². The number of anilines is 1. The molecule has 0 aliphatic heterocycles. The van der Waals surface area contributed by atoms with Gasteiger partial charge < -0.3 is 25.2 Å². The van der Waals surface area contributed by atoms with E-state index in [1.165, 1.54) is 47.5 Å². The molecule has 1 N–H and O–H groups in total. The van der Waals surface area contributed by atoms with Crippen molar-refractivity contribution in [3.8, 4) is 10.4 Å². The van der Waals surface area contributed by atoms with Gasteiger partial charge in [-0.2, -0.15) is 19.4 Å². The molecule has 0 saturated carbocycles. The summed E-state index contributed by atoms with van der Waals surface area (Å²) in [7, 11) is 2.11. The first-order valence-electron chi connectivity index (χ1n) is 8.84. The largest absolute Gasteiger partial charge is 0.618 e. The van der Waals surface area contributed by atoms with E-state index in [0.29, 0.717) is 30.7 Å². The van der Waals surface area contributed by atoms with E-state index in [2.05, 4.69) is 55.5 Å². The van der Waals surface area contributed by atoms with Crippen molar-refractivity contribution < 1.29 is 18.9 Å². The van der Waals surface area contributed by atoms with Gasteiger partial charge in [0.2, 0.25) is 18.2 Å². The van der Waals surface area contributed by atoms with Crippen LogP contribution in [-0.4, -0.2) is 33.1 Å². The van der Waals surface area contributed by atoms with Gasteiger partial charge in [-0.1, -0.05) is 22.7 Å². The molecule has 0 radical (unpaired) electrons. The SMILES string of the molecule is [O-][n+]1cc(N=COc2nc(S)cs2)ncc1SSc1cnc(NCOc2ncc(S)s2)c[n+]1[O-]. The Hall–Kier alpha value is -2.51. The number of ether oxygens (including phenoxy) is 2. The lowest BCUT2D eigenvalue weighted by Gasteiger charge is -2.07. The summed E-state index contributed by atoms with van der Waals surface area (Å²) in [6.45, 7) is 0.0801. The lowest BCUT2D eigenvalue weighted by molar-refractivity contribution is -0.646. The third kappa shape index (κ3) is 7.00. The number of hydrogen-bond donors (Lipinski definition) is 3. The molecule has 0 atom stereocenters. The highest BCUT2D eigenvalue weighted by Gasteiger charge is 2.15. The number of thiol groups is 2. The predicted octanol–water partition coefficient (Wildman–Crippen LogP) is 3.22. The van der Waals surface area contributed by atoms with Crippen molar-refractivity contribution in [3.05, 3.63) is 46.8 Å². The zero-order valence-electron chi connectivity index (χ0n) is 16.5. The maximum Gasteiger partial charge on any atom is 0.281 e. The first-order valence-corrected chi connectivity index (χ1v) is 13.6. The number of hydrogen-bond acceptors (Lipinski definition) is 16. The second-order valence-electron chi connectivity index (χ2n) is 5.77. The maximum absolute atomic E-state index is 12.3. The Morgan fingerprint density at radius 2 is 1.82 bits per heavy atom. The number of aliphatic imine (C=N–C) groups is 1. The lowest BCUT2D eigenvalue weighted by atomic mass is 10.6. The maximum atomic E-state index is 12.3. The van der Waals surface area contributed by atoms with Crippen molar-refractivity contribution in [3.63, 3.8) is 0 Å². The molecule has 0 aliphatic carbocycles. The molecular weight excluding hydrogens is 561 g/mol. The van der Waals surface area contributed by atoms with Gasteiger partial charge >= 0.3 is 0 Å². The van der Waals surface area contributed by atoms with E-state index in [0.717, 1.165) is 32.2 Å². The van der Waals surface area contributed by atoms with E-state index in [1.807, 2.05) is 0 Å². The highest BCUT2D eigenvalue weighted by atomic mass is 33.1. The number of aromatic nitrogens is 6. The number of thiazole rings is 2. The highest BCUT2D eigenvalue weighted by Crippen LogP contribution is 2.33. The fourth-order valence-corrected chi connectivity index (χ4v) is 5.50. The summed E-state index contributed by atoms with van der Waals surface area (Å²) in [5, 5.41) is 31.0. The minimum Gasteiger partial charge on any atom is -0.618 e. The van der Waals surface area contributed by atoms with Gasteiger partial charge in [0.05, 0.1) is 10.4 Å². The van der Waals surface area contributed by atoms with Crippen LogP contribution in [0.1, 0.15) is 0 Å². The van der Waals surface area contributed by atoms with E-state index < -0.39 is 0 Å². The van der Waals surface area contributed by atoms with Crippen LogP contribution in [0.3, 0.4) is 0 Å². The first kappa shape index (κ1) is 24.6. The van der Waals surface area contributed by atoms with Gasteiger partial charge in [0.1, 0.15) is 17.4 Å². The third-order valence-corrected chi connectivity index (χ3v) is 7.98. The van der Waals surface area contributed by atoms with Gasteiger partial charge in [-0.05, 0) is 0 Å². The summed E-state index contributed by atoms with van der Waals surface area (Å²) in [6.07, 6.45) is 7.89. The minimum absolute atomic E-state index is 0.0801. The summed E-state index contributed by atoms with van der Waals surface area (Å²) >= 11 is 10.8. The van der Waals surface area contributed by atoms with Crippen LogP contribution in [0.2, 0.25) is 0 Å². The van der Waals surface area contributed by atoms with Crippen molar-refractivity contribution in [1.82, 2.24) is 19.9 Å². The minimum atomic E-state index is 0.0801. The van der Waals surface area contributed by atoms with E-state index in [1.54, 1.807) is 11.6 Å². The average Bonchev–Trinajstić information content (AvgIpc) is 3.42. The second-order valence-corrected chi connectivity index (χ2v) is 11.0. The molecule has 4 aromatic heterocycles. The molecule has 0 bridgehead atoms. The zero-order chi connectivity index (χ0) is 23.9. The summed E-state index contributed by atoms with van der Waals surface area (Å²) in [6, 6.07) is 0. The third-order valence-electron chi connectivity index (χ3n) is 3.47. The summed E-state index contributed by atoms with van der Waals surface area (Å²) in [5.74, 6) is 0.467. The second kappa shape index (κ2) is 11.8. The zero-order valence-corrected chi connectivity index (χ0v) is 21.6. The summed E-state index contributed by atoms with van der Waals surface area (Å²) in [4.78, 5) is 20.2. The Bertz CT molecular complexity index is 1300. The van der Waals surface area contributed by atoms with Crippen LogP contribution in [-0.2, 0) is 0 Å². The Balaban J connectivity index is 1.28. The molecule has 0 unspecified atom stereocenters. The van der Waals surface area contributed by atoms with Crippen molar-refractivity contribution in [2.24, 2.45) is 4.99 Å². The molecule has 18 heteroatoms. The van der Waals surface area contributed by atoms with E-state index in [9.17, 15) is 10.4 Å². The molecule has 4 aromatic rings. The molecule has 0 aromatic carbocycles. The molecule has 0 spiro atoms. The predicted molar refractivity (Wildman–Crippen MR) is 135 cm³/mol. The smallest absolute Gasteiger partial charge is 0.281 e. The van der Waals surface area contributed by atoms with Gasteiger partial charge in [-0.15, -0.1) is 25.3 Å². The molecule has 0 fully saturated rings. The van der Waals surface area contributed by atoms with E-state index in [4.69, 9.17) is 9.47 Å². The van der Waals surface area contributed by atoms with Crippen molar-refractivity contribution in [1.29, 1.82) is 0 Å². The van der Waals surface area contributed by atoms with Gasteiger partial charge in [0.15, 0.2) is 18.9 Å². The Labute approximate surface area is 218 Å². The topological polar surface area (TPSA) is 148 Å². The molecule has 0 aliphatic rings. The van der Waals surface area contributed by atoms with Crippen LogP contribution in [0.25, 0.3) is 0 Å². The summed E-state index contributed by atoms with van der Waals surface area (Å²) in [5.41, 5.74) is 0. The molecule has 4 heterocycles. The standard InChI is InChI=1S/C16H12N8O4S6/c25-23-4-9(20-7-27-15-19-3-14(30)32-15)17-1-12(23)33-34-13-2-18-10(5-24(13)26)21-8-28-16-22-11(29)6-31-16/h1-6,8,29-30H,7H2,(H,17,20). The normalized spacial score (nSPS) is 11.1. The molecule has 176 valence electrons. The molecule has 34 heavy (non-hydrogen) atoms. The van der Waals surface area contributed by atoms with Crippen LogP contribution in [0.5, 0.6) is 10.4 Å². The monoisotopic (exact) mass is 572 g/mol. The van der Waals surface area contributed by atoms with Crippen LogP contribution in [0.15, 0.2) is 60.6 Å². The van der Waals surface area contributed by atoms with Crippen LogP contribution < -0.4 is 24.3 Å². The Morgan fingerprint density at radius 1 is 1.06 bits per heavy atom. The fraction of sp³-hybridized carbons (Fsp3) is 0.0625. The quantitative estimate of drug-likeness (QED) is 0.0489. The molecule has 4 rings (SSSR count). The first-order chi connectivity index (χ1) is 16.5. The molecule has 0 amide bonds. The van der Waals surface area contributed by atoms with Crippen molar-refractivity contribution in [2.45, 2.75) is 19.3 Å². The van der Waals surface area contributed by atoms with Crippen molar-refractivity contribution >= 4 is 87.6 Å². The average molecular weight is 573 g/mol. The molecule has 12 nitrogen and oxygen atoms in total. The number of rotatable bonds is 10. The van der Waals surface area contributed by atoms with Crippen LogP contribution in [0, 0.1) is 10.4 Å². The van der Waals surface area contributed by atoms with Gasteiger partial charge in [-0.3, -0.25) is 0 Å². The lowest BCUT2D eigenvalue weighted by Crippen LogP contribution is -2.30. The number of nitrogens with one attached hydrogen (secondary N) is 1. The van der Waals surface area contributed by atoms with Crippen LogP contribution >= 0.6 is 69.5 Å². The molecular formula is C16H12N8O4S6. The number of nitrogens with zero attached hydrogens (tertiary/aromatic N) is 7. The van der Waals surface area contributed by atoms with Crippen molar-refractivity contribution in [2.75, 3.05) is 12.0 Å². The highest BCUT2D eigenvalue weighted by molar-refractivity contribution is 8.76. The van der Waals surface area contributed by atoms with E-state index in [-0.39, 0.29) is 22.6 Å². The van der Waals surface area contributed by atoms with Gasteiger partial charge in [0.25, 0.3) is 20.4 Å².